The summed E-state index contributed by atoms with van der Waals surface area (Å²) in [7, 11) is -8.48. The average Bonchev–Trinajstić information content (AvgIpc) is 3.17. The van der Waals surface area contributed by atoms with Crippen LogP contribution >= 0.6 is 12.6 Å². The van der Waals surface area contributed by atoms with Gasteiger partial charge in [-0.05, 0) is 34.5 Å². The van der Waals surface area contributed by atoms with Gasteiger partial charge in [-0.3, -0.25) is 0 Å². The Morgan fingerprint density at radius 1 is 0.886 bits per heavy atom. The number of furan rings is 1. The van der Waals surface area contributed by atoms with Gasteiger partial charge >= 0.3 is 22.7 Å². The van der Waals surface area contributed by atoms with E-state index in [-0.39, 0.29) is 15.8 Å². The molecule has 0 aliphatic carbocycles. The average molecular weight is 518 g/mol. The van der Waals surface area contributed by atoms with Gasteiger partial charge in [0.1, 0.15) is 16.9 Å². The van der Waals surface area contributed by atoms with Crippen molar-refractivity contribution in [2.45, 2.75) is 10.4 Å². The quantitative estimate of drug-likeness (QED) is 0.139. The van der Waals surface area contributed by atoms with E-state index in [0.29, 0.717) is 22.1 Å². The third-order valence-corrected chi connectivity index (χ3v) is 6.92. The number of rotatable bonds is 4. The van der Waals surface area contributed by atoms with Crippen molar-refractivity contribution >= 4 is 68.0 Å². The first-order valence-corrected chi connectivity index (χ1v) is 11.9. The minimum Gasteiger partial charge on any atom is -0.455 e. The van der Waals surface area contributed by atoms with Crippen LogP contribution in [0.15, 0.2) is 76.0 Å². The number of halogens is 3. The van der Waals surface area contributed by atoms with Crippen molar-refractivity contribution in [1.29, 1.82) is 0 Å². The molecule has 0 bridgehead atoms. The number of hydrogen-bond donors (Lipinski definition) is 3. The Morgan fingerprint density at radius 2 is 1.54 bits per heavy atom. The molecule has 1 aromatic heterocycles. The summed E-state index contributed by atoms with van der Waals surface area (Å²) in [5, 5.41) is 21.9. The predicted octanol–water partition coefficient (Wildman–Crippen LogP) is 4.60. The van der Waals surface area contributed by atoms with Crippen molar-refractivity contribution in [2.75, 3.05) is 0 Å². The molecule has 4 aromatic carbocycles. The van der Waals surface area contributed by atoms with E-state index in [0.717, 1.165) is 16.8 Å². The lowest BCUT2D eigenvalue weighted by Gasteiger charge is -2.19. The maximum Gasteiger partial charge on any atom is 0.534 e. The molecular formula is C23H14BF3O6S2. The van der Waals surface area contributed by atoms with Gasteiger partial charge in [0.25, 0.3) is 0 Å². The smallest absolute Gasteiger partial charge is 0.455 e. The van der Waals surface area contributed by atoms with Gasteiger partial charge in [0, 0.05) is 26.7 Å². The van der Waals surface area contributed by atoms with Crippen molar-refractivity contribution in [2.24, 2.45) is 0 Å². The second-order valence-electron chi connectivity index (χ2n) is 7.67. The lowest BCUT2D eigenvalue weighted by atomic mass is 9.75. The van der Waals surface area contributed by atoms with E-state index in [9.17, 15) is 31.6 Å². The summed E-state index contributed by atoms with van der Waals surface area (Å²) in [5.74, 6) is -0.894. The molecule has 0 spiro atoms. The van der Waals surface area contributed by atoms with Crippen molar-refractivity contribution < 1.29 is 40.2 Å². The fourth-order valence-electron chi connectivity index (χ4n) is 4.13. The molecule has 0 saturated carbocycles. The van der Waals surface area contributed by atoms with Crippen molar-refractivity contribution in [3.05, 3.63) is 66.7 Å². The Labute approximate surface area is 202 Å². The third kappa shape index (κ3) is 3.82. The van der Waals surface area contributed by atoms with Gasteiger partial charge in [-0.15, -0.1) is 12.6 Å². The lowest BCUT2D eigenvalue weighted by molar-refractivity contribution is -0.0499. The summed E-state index contributed by atoms with van der Waals surface area (Å²) in [6, 6.07) is 18.1. The van der Waals surface area contributed by atoms with Gasteiger partial charge in [0.2, 0.25) is 0 Å². The Hall–Kier alpha value is -3.19. The maximum atomic E-state index is 13.1. The minimum atomic E-state index is -6.12. The van der Waals surface area contributed by atoms with Crippen LogP contribution in [0.5, 0.6) is 5.75 Å². The van der Waals surface area contributed by atoms with E-state index in [1.165, 1.54) is 6.07 Å². The number of alkyl halides is 3. The molecule has 0 saturated heterocycles. The van der Waals surface area contributed by atoms with E-state index in [2.05, 4.69) is 16.8 Å². The van der Waals surface area contributed by atoms with Crippen LogP contribution < -0.4 is 9.65 Å². The Morgan fingerprint density at radius 3 is 2.26 bits per heavy atom. The SMILES string of the molecule is O=S(=O)(Oc1cc(-c2cccc3c2oc2ccccc23)c2cccc(S)c2c1B(O)O)C(F)(F)F. The molecule has 35 heavy (non-hydrogen) atoms. The Bertz CT molecular complexity index is 1730. The van der Waals surface area contributed by atoms with Crippen LogP contribution in [-0.4, -0.2) is 31.1 Å². The summed E-state index contributed by atoms with van der Waals surface area (Å²) in [5.41, 5.74) is -4.65. The Kier molecular flexibility index (Phi) is 5.51. The maximum absolute atomic E-state index is 13.1. The third-order valence-electron chi connectivity index (χ3n) is 5.58. The molecule has 6 nitrogen and oxygen atoms in total. The topological polar surface area (TPSA) is 97.0 Å². The van der Waals surface area contributed by atoms with Crippen molar-refractivity contribution in [1.82, 2.24) is 0 Å². The highest BCUT2D eigenvalue weighted by Crippen LogP contribution is 2.41. The fourth-order valence-corrected chi connectivity index (χ4v) is 4.93. The standard InChI is InChI=1S/C23H14BF3O6S2/c25-23(26,27)35(30,31)33-18-11-16(13-6-4-10-19(34)20(13)21(18)24(28)29)15-8-3-7-14-12-5-1-2-9-17(12)32-22(14)15/h1-11,28-29,34H. The molecule has 0 amide bonds. The second kappa shape index (κ2) is 8.19. The van der Waals surface area contributed by atoms with Crippen LogP contribution in [0.3, 0.4) is 0 Å². The summed E-state index contributed by atoms with van der Waals surface area (Å²) < 4.78 is 73.5. The van der Waals surface area contributed by atoms with E-state index < -0.39 is 34.0 Å². The first kappa shape index (κ1) is 23.6. The first-order chi connectivity index (χ1) is 16.5. The predicted molar refractivity (Wildman–Crippen MR) is 129 cm³/mol. The van der Waals surface area contributed by atoms with Gasteiger partial charge in [0.05, 0.1) is 0 Å². The summed E-state index contributed by atoms with van der Waals surface area (Å²) in [6.07, 6.45) is 0. The van der Waals surface area contributed by atoms with Crippen LogP contribution in [0, 0.1) is 0 Å². The van der Waals surface area contributed by atoms with E-state index in [1.807, 2.05) is 18.2 Å². The zero-order valence-electron chi connectivity index (χ0n) is 17.4. The van der Waals surface area contributed by atoms with E-state index in [1.54, 1.807) is 36.4 Å². The van der Waals surface area contributed by atoms with Crippen molar-refractivity contribution in [3.8, 4) is 16.9 Å². The van der Waals surface area contributed by atoms with Crippen LogP contribution in [-0.2, 0) is 10.1 Å². The summed E-state index contributed by atoms with van der Waals surface area (Å²) >= 11 is 4.33. The highest BCUT2D eigenvalue weighted by Gasteiger charge is 2.49. The minimum absolute atomic E-state index is 0.0174. The number of para-hydroxylation sites is 2. The van der Waals surface area contributed by atoms with E-state index in [4.69, 9.17) is 4.42 Å². The number of fused-ring (bicyclic) bond motifs is 4. The molecule has 0 atom stereocenters. The summed E-state index contributed by atoms with van der Waals surface area (Å²) in [4.78, 5) is 0.165. The normalized spacial score (nSPS) is 12.5. The molecule has 0 radical (unpaired) electrons. The molecule has 0 unspecified atom stereocenters. The van der Waals surface area contributed by atoms with Gasteiger partial charge in [0.15, 0.2) is 0 Å². The molecule has 0 aliphatic rings. The zero-order valence-corrected chi connectivity index (χ0v) is 19.2. The van der Waals surface area contributed by atoms with Gasteiger partial charge in [-0.1, -0.05) is 48.5 Å². The lowest BCUT2D eigenvalue weighted by Crippen LogP contribution is -2.36. The molecule has 0 aliphatic heterocycles. The van der Waals surface area contributed by atoms with E-state index >= 15 is 0 Å². The van der Waals surface area contributed by atoms with Gasteiger partial charge in [-0.2, -0.15) is 21.6 Å². The highest BCUT2D eigenvalue weighted by molar-refractivity contribution is 7.88. The first-order valence-electron chi connectivity index (χ1n) is 10.1. The molecule has 5 rings (SSSR count). The Balaban J connectivity index is 1.90. The van der Waals surface area contributed by atoms with Gasteiger partial charge in [-0.25, -0.2) is 0 Å². The molecule has 178 valence electrons. The van der Waals surface area contributed by atoms with Crippen molar-refractivity contribution in [3.63, 3.8) is 0 Å². The molecule has 2 N–H and O–H groups in total. The summed E-state index contributed by atoms with van der Waals surface area (Å²) in [6.45, 7) is 0. The van der Waals surface area contributed by atoms with Gasteiger partial charge < -0.3 is 18.6 Å². The number of hydrogen-bond acceptors (Lipinski definition) is 7. The molecule has 12 heteroatoms. The molecule has 1 heterocycles. The number of thiol groups is 1. The highest BCUT2D eigenvalue weighted by atomic mass is 32.2. The second-order valence-corrected chi connectivity index (χ2v) is 9.69. The van der Waals surface area contributed by atoms with Crippen LogP contribution in [0.2, 0.25) is 0 Å². The largest absolute Gasteiger partial charge is 0.534 e. The zero-order chi connectivity index (χ0) is 25.1. The van der Waals surface area contributed by atoms with Crippen LogP contribution in [0.4, 0.5) is 13.2 Å². The van der Waals surface area contributed by atoms with Crippen LogP contribution in [0.25, 0.3) is 43.8 Å². The molecular weight excluding hydrogens is 504 g/mol. The monoisotopic (exact) mass is 518 g/mol. The number of benzene rings is 4. The molecule has 5 aromatic rings. The fraction of sp³-hybridized carbons (Fsp3) is 0.0435. The van der Waals surface area contributed by atoms with Crippen LogP contribution in [0.1, 0.15) is 0 Å². The molecule has 0 fully saturated rings.